The van der Waals surface area contributed by atoms with Gasteiger partial charge in [-0.25, -0.2) is 13.1 Å². The van der Waals surface area contributed by atoms with E-state index in [2.05, 4.69) is 10.0 Å². The standard InChI is InChI=1S/C13H25N3O3S/c1-5-16-9-13(7-12(16)8-14-4)20(17,18)15-11(3)10-19-6-2/h7,9,11,14-15H,5-6,8,10H2,1-4H3. The third-order valence-corrected chi connectivity index (χ3v) is 4.45. The minimum absolute atomic E-state index is 0.252. The van der Waals surface area contributed by atoms with Crippen LogP contribution in [0, 0.1) is 0 Å². The average molecular weight is 303 g/mol. The second kappa shape index (κ2) is 7.78. The Kier molecular flexibility index (Phi) is 6.67. The third-order valence-electron chi connectivity index (χ3n) is 2.90. The normalized spacial score (nSPS) is 13.6. The van der Waals surface area contributed by atoms with Crippen molar-refractivity contribution in [3.8, 4) is 0 Å². The Morgan fingerprint density at radius 2 is 2.10 bits per heavy atom. The molecule has 6 nitrogen and oxygen atoms in total. The maximum atomic E-state index is 12.3. The molecule has 0 aliphatic rings. The molecule has 0 saturated carbocycles. The van der Waals surface area contributed by atoms with E-state index in [0.717, 1.165) is 12.2 Å². The van der Waals surface area contributed by atoms with Gasteiger partial charge in [-0.1, -0.05) is 0 Å². The van der Waals surface area contributed by atoms with E-state index in [4.69, 9.17) is 4.74 Å². The largest absolute Gasteiger partial charge is 0.380 e. The molecule has 0 spiro atoms. The molecular formula is C13H25N3O3S. The summed E-state index contributed by atoms with van der Waals surface area (Å²) in [6, 6.07) is 1.45. The van der Waals surface area contributed by atoms with Crippen LogP contribution in [-0.2, 0) is 27.8 Å². The van der Waals surface area contributed by atoms with Crippen molar-refractivity contribution in [2.24, 2.45) is 0 Å². The molecule has 1 unspecified atom stereocenters. The molecule has 116 valence electrons. The maximum Gasteiger partial charge on any atom is 0.242 e. The van der Waals surface area contributed by atoms with Gasteiger partial charge in [-0.2, -0.15) is 0 Å². The van der Waals surface area contributed by atoms with Gasteiger partial charge in [0.15, 0.2) is 0 Å². The number of hydrogen-bond donors (Lipinski definition) is 2. The van der Waals surface area contributed by atoms with Gasteiger partial charge < -0.3 is 14.6 Å². The van der Waals surface area contributed by atoms with Crippen LogP contribution in [0.2, 0.25) is 0 Å². The van der Waals surface area contributed by atoms with Gasteiger partial charge in [0.25, 0.3) is 0 Å². The molecule has 1 aromatic rings. The Balaban J connectivity index is 2.86. The fraction of sp³-hybridized carbons (Fsp3) is 0.692. The summed E-state index contributed by atoms with van der Waals surface area (Å²) in [4.78, 5) is 0.299. The lowest BCUT2D eigenvalue weighted by Crippen LogP contribution is -2.35. The summed E-state index contributed by atoms with van der Waals surface area (Å²) >= 11 is 0. The summed E-state index contributed by atoms with van der Waals surface area (Å²) in [5.41, 5.74) is 0.952. The van der Waals surface area contributed by atoms with Crippen molar-refractivity contribution < 1.29 is 13.2 Å². The van der Waals surface area contributed by atoms with E-state index in [1.807, 2.05) is 25.5 Å². The van der Waals surface area contributed by atoms with Crippen molar-refractivity contribution >= 4 is 10.0 Å². The molecule has 0 amide bonds. The second-order valence-electron chi connectivity index (χ2n) is 4.67. The number of aromatic nitrogens is 1. The second-order valence-corrected chi connectivity index (χ2v) is 6.38. The Bertz CT molecular complexity index is 511. The number of aryl methyl sites for hydroxylation is 1. The summed E-state index contributed by atoms with van der Waals surface area (Å²) in [5.74, 6) is 0. The highest BCUT2D eigenvalue weighted by molar-refractivity contribution is 7.89. The highest BCUT2D eigenvalue weighted by atomic mass is 32.2. The molecule has 0 fully saturated rings. The lowest BCUT2D eigenvalue weighted by atomic mass is 10.4. The van der Waals surface area contributed by atoms with Crippen LogP contribution in [0.15, 0.2) is 17.2 Å². The monoisotopic (exact) mass is 303 g/mol. The van der Waals surface area contributed by atoms with Gasteiger partial charge in [0.1, 0.15) is 0 Å². The molecular weight excluding hydrogens is 278 g/mol. The van der Waals surface area contributed by atoms with Crippen LogP contribution in [0.25, 0.3) is 0 Å². The molecule has 20 heavy (non-hydrogen) atoms. The minimum Gasteiger partial charge on any atom is -0.380 e. The van der Waals surface area contributed by atoms with Crippen LogP contribution >= 0.6 is 0 Å². The molecule has 0 aromatic carbocycles. The molecule has 1 heterocycles. The highest BCUT2D eigenvalue weighted by Gasteiger charge is 2.20. The van der Waals surface area contributed by atoms with Crippen LogP contribution in [0.1, 0.15) is 26.5 Å². The van der Waals surface area contributed by atoms with Crippen molar-refractivity contribution in [2.45, 2.75) is 44.8 Å². The quantitative estimate of drug-likeness (QED) is 0.712. The number of hydrogen-bond acceptors (Lipinski definition) is 4. The smallest absolute Gasteiger partial charge is 0.242 e. The van der Waals surface area contributed by atoms with Crippen LogP contribution in [0.3, 0.4) is 0 Å². The zero-order valence-corrected chi connectivity index (χ0v) is 13.5. The summed E-state index contributed by atoms with van der Waals surface area (Å²) < 4.78 is 34.4. The predicted molar refractivity (Wildman–Crippen MR) is 79.1 cm³/mol. The van der Waals surface area contributed by atoms with Crippen LogP contribution < -0.4 is 10.0 Å². The minimum atomic E-state index is -3.50. The molecule has 0 saturated heterocycles. The molecule has 0 aliphatic heterocycles. The average Bonchev–Trinajstić information content (AvgIpc) is 2.80. The molecule has 1 atom stereocenters. The van der Waals surface area contributed by atoms with Gasteiger partial charge in [0, 0.05) is 37.6 Å². The Morgan fingerprint density at radius 3 is 2.65 bits per heavy atom. The number of sulfonamides is 1. The van der Waals surface area contributed by atoms with Crippen molar-refractivity contribution in [1.82, 2.24) is 14.6 Å². The van der Waals surface area contributed by atoms with E-state index in [-0.39, 0.29) is 6.04 Å². The number of rotatable bonds is 9. The fourth-order valence-corrected chi connectivity index (χ4v) is 3.25. The predicted octanol–water partition coefficient (Wildman–Crippen LogP) is 0.931. The van der Waals surface area contributed by atoms with Crippen molar-refractivity contribution in [3.05, 3.63) is 18.0 Å². The van der Waals surface area contributed by atoms with E-state index in [9.17, 15) is 8.42 Å². The highest BCUT2D eigenvalue weighted by Crippen LogP contribution is 2.15. The lowest BCUT2D eigenvalue weighted by molar-refractivity contribution is 0.133. The Morgan fingerprint density at radius 1 is 1.40 bits per heavy atom. The van der Waals surface area contributed by atoms with E-state index in [1.165, 1.54) is 0 Å². The van der Waals surface area contributed by atoms with Crippen molar-refractivity contribution in [1.29, 1.82) is 0 Å². The van der Waals surface area contributed by atoms with Crippen molar-refractivity contribution in [2.75, 3.05) is 20.3 Å². The van der Waals surface area contributed by atoms with Gasteiger partial charge in [-0.3, -0.25) is 0 Å². The molecule has 2 N–H and O–H groups in total. The summed E-state index contributed by atoms with van der Waals surface area (Å²) in [5, 5.41) is 3.04. The van der Waals surface area contributed by atoms with Gasteiger partial charge in [0.05, 0.1) is 11.5 Å². The molecule has 1 rings (SSSR count). The van der Waals surface area contributed by atoms with E-state index in [1.54, 1.807) is 19.2 Å². The summed E-state index contributed by atoms with van der Waals surface area (Å²) in [7, 11) is -1.66. The van der Waals surface area contributed by atoms with E-state index >= 15 is 0 Å². The first-order chi connectivity index (χ1) is 9.44. The first-order valence-electron chi connectivity index (χ1n) is 6.88. The van der Waals surface area contributed by atoms with Crippen molar-refractivity contribution in [3.63, 3.8) is 0 Å². The zero-order chi connectivity index (χ0) is 15.2. The molecule has 0 aliphatic carbocycles. The van der Waals surface area contributed by atoms with Crippen LogP contribution in [0.5, 0.6) is 0 Å². The third kappa shape index (κ3) is 4.59. The zero-order valence-electron chi connectivity index (χ0n) is 12.6. The number of ether oxygens (including phenoxy) is 1. The topological polar surface area (TPSA) is 72.4 Å². The molecule has 1 aromatic heterocycles. The Labute approximate surface area is 121 Å². The summed E-state index contributed by atoms with van der Waals surface area (Å²) in [6.45, 7) is 7.98. The van der Waals surface area contributed by atoms with Gasteiger partial charge in [-0.15, -0.1) is 0 Å². The molecule has 0 bridgehead atoms. The number of nitrogens with zero attached hydrogens (tertiary/aromatic N) is 1. The SMILES string of the molecule is CCOCC(C)NS(=O)(=O)c1cc(CNC)n(CC)c1. The fourth-order valence-electron chi connectivity index (χ4n) is 1.96. The summed E-state index contributed by atoms with van der Waals surface area (Å²) in [6.07, 6.45) is 1.67. The first-order valence-corrected chi connectivity index (χ1v) is 8.36. The van der Waals surface area contributed by atoms with E-state index < -0.39 is 10.0 Å². The molecule has 0 radical (unpaired) electrons. The first kappa shape index (κ1) is 17.2. The van der Waals surface area contributed by atoms with Gasteiger partial charge >= 0.3 is 0 Å². The van der Waals surface area contributed by atoms with Crippen LogP contribution in [0.4, 0.5) is 0 Å². The van der Waals surface area contributed by atoms with Crippen LogP contribution in [-0.4, -0.2) is 39.3 Å². The number of nitrogens with one attached hydrogen (secondary N) is 2. The van der Waals surface area contributed by atoms with Gasteiger partial charge in [0.2, 0.25) is 10.0 Å². The molecule has 7 heteroatoms. The van der Waals surface area contributed by atoms with Gasteiger partial charge in [-0.05, 0) is 33.9 Å². The lowest BCUT2D eigenvalue weighted by Gasteiger charge is -2.13. The van der Waals surface area contributed by atoms with E-state index in [0.29, 0.717) is 24.7 Å². The maximum absolute atomic E-state index is 12.3. The Hall–Kier alpha value is -0.890.